The largest absolute Gasteiger partial charge is 0.289 e. The zero-order valence-corrected chi connectivity index (χ0v) is 8.66. The minimum absolute atomic E-state index is 0.0301. The molecule has 0 aliphatic heterocycles. The van der Waals surface area contributed by atoms with Gasteiger partial charge in [0.15, 0.2) is 5.78 Å². The Morgan fingerprint density at radius 2 is 1.80 bits per heavy atom. The van der Waals surface area contributed by atoms with Crippen molar-refractivity contribution in [1.29, 1.82) is 0 Å². The Labute approximate surface area is 89.0 Å². The van der Waals surface area contributed by atoms with Gasteiger partial charge in [0.25, 0.3) is 0 Å². The number of fused-ring (bicyclic) bond motifs is 1. The van der Waals surface area contributed by atoms with E-state index in [1.165, 1.54) is 11.6 Å². The molecule has 0 aliphatic carbocycles. The van der Waals surface area contributed by atoms with Crippen LogP contribution >= 0.6 is 0 Å². The number of carbonyl (C=O) groups is 1. The normalized spacial score (nSPS) is 10.2. The predicted molar refractivity (Wildman–Crippen MR) is 63.2 cm³/mol. The third-order valence-corrected chi connectivity index (χ3v) is 2.47. The molecular weight excluding hydrogens is 184 g/mol. The molecule has 2 aromatic rings. The number of rotatable bonds is 2. The van der Waals surface area contributed by atoms with Crippen LogP contribution in [0.4, 0.5) is 0 Å². The van der Waals surface area contributed by atoms with Crippen molar-refractivity contribution in [3.05, 3.63) is 60.2 Å². The third kappa shape index (κ3) is 1.82. The van der Waals surface area contributed by atoms with Gasteiger partial charge in [0.2, 0.25) is 0 Å². The molecular formula is C14H12O. The number of carbonyl (C=O) groups excluding carboxylic acids is 1. The van der Waals surface area contributed by atoms with Gasteiger partial charge in [-0.1, -0.05) is 42.5 Å². The number of hydrogen-bond donors (Lipinski definition) is 0. The minimum atomic E-state index is -0.0301. The van der Waals surface area contributed by atoms with Gasteiger partial charge >= 0.3 is 0 Å². The van der Waals surface area contributed by atoms with E-state index < -0.39 is 0 Å². The van der Waals surface area contributed by atoms with Gasteiger partial charge in [-0.25, -0.2) is 0 Å². The summed E-state index contributed by atoms with van der Waals surface area (Å²) in [7, 11) is 0. The number of aryl methyl sites for hydroxylation is 1. The third-order valence-electron chi connectivity index (χ3n) is 2.47. The molecule has 0 saturated carbocycles. The molecule has 1 heteroatoms. The Kier molecular flexibility index (Phi) is 2.38. The predicted octanol–water partition coefficient (Wildman–Crippen LogP) is 3.52. The number of allylic oxidation sites excluding steroid dienone is 1. The highest BCUT2D eigenvalue weighted by atomic mass is 16.1. The van der Waals surface area contributed by atoms with Crippen LogP contribution in [0.2, 0.25) is 0 Å². The number of ketones is 1. The summed E-state index contributed by atoms with van der Waals surface area (Å²) in [6.07, 6.45) is 1.34. The van der Waals surface area contributed by atoms with Gasteiger partial charge in [0, 0.05) is 5.56 Å². The standard InChI is InChI=1S/C14H12O/c1-3-14(15)13-7-6-11-8-10(2)4-5-12(11)9-13/h3-9H,1H2,2H3. The van der Waals surface area contributed by atoms with Gasteiger partial charge < -0.3 is 0 Å². The zero-order chi connectivity index (χ0) is 10.8. The van der Waals surface area contributed by atoms with E-state index in [9.17, 15) is 4.79 Å². The molecule has 2 aromatic carbocycles. The molecule has 0 aromatic heterocycles. The number of hydrogen-bond acceptors (Lipinski definition) is 1. The Bertz CT molecular complexity index is 538. The maximum atomic E-state index is 11.4. The molecule has 0 unspecified atom stereocenters. The highest BCUT2D eigenvalue weighted by molar-refractivity contribution is 6.06. The smallest absolute Gasteiger partial charge is 0.185 e. The van der Waals surface area contributed by atoms with Crippen molar-refractivity contribution in [2.45, 2.75) is 6.92 Å². The second kappa shape index (κ2) is 3.70. The van der Waals surface area contributed by atoms with E-state index in [4.69, 9.17) is 0 Å². The summed E-state index contributed by atoms with van der Waals surface area (Å²) in [6.45, 7) is 5.54. The molecule has 0 aliphatic rings. The van der Waals surface area contributed by atoms with Gasteiger partial charge in [-0.15, -0.1) is 0 Å². The molecule has 0 heterocycles. The second-order valence-electron chi connectivity index (χ2n) is 3.63. The Hall–Kier alpha value is -1.89. The van der Waals surface area contributed by atoms with E-state index >= 15 is 0 Å². The van der Waals surface area contributed by atoms with Gasteiger partial charge in [-0.05, 0) is 29.8 Å². The monoisotopic (exact) mass is 196 g/mol. The van der Waals surface area contributed by atoms with Crippen LogP contribution in [-0.2, 0) is 0 Å². The van der Waals surface area contributed by atoms with Crippen LogP contribution in [0.25, 0.3) is 10.8 Å². The lowest BCUT2D eigenvalue weighted by Gasteiger charge is -2.01. The molecule has 0 atom stereocenters. The highest BCUT2D eigenvalue weighted by Crippen LogP contribution is 2.18. The van der Waals surface area contributed by atoms with E-state index in [1.54, 1.807) is 0 Å². The van der Waals surface area contributed by atoms with Crippen molar-refractivity contribution in [2.75, 3.05) is 0 Å². The van der Waals surface area contributed by atoms with E-state index in [-0.39, 0.29) is 5.78 Å². The van der Waals surface area contributed by atoms with Crippen molar-refractivity contribution in [1.82, 2.24) is 0 Å². The molecule has 1 nitrogen and oxygen atoms in total. The topological polar surface area (TPSA) is 17.1 Å². The maximum Gasteiger partial charge on any atom is 0.185 e. The van der Waals surface area contributed by atoms with Crippen molar-refractivity contribution in [2.24, 2.45) is 0 Å². The lowest BCUT2D eigenvalue weighted by Crippen LogP contribution is -1.92. The van der Waals surface area contributed by atoms with Crippen molar-refractivity contribution in [3.8, 4) is 0 Å². The van der Waals surface area contributed by atoms with Crippen molar-refractivity contribution >= 4 is 16.6 Å². The fourth-order valence-electron chi connectivity index (χ4n) is 1.64. The first kappa shape index (κ1) is 9.66. The van der Waals surface area contributed by atoms with Crippen LogP contribution in [-0.4, -0.2) is 5.78 Å². The lowest BCUT2D eigenvalue weighted by atomic mass is 10.0. The summed E-state index contributed by atoms with van der Waals surface area (Å²) in [5.74, 6) is -0.0301. The average Bonchev–Trinajstić information content (AvgIpc) is 2.27. The molecule has 15 heavy (non-hydrogen) atoms. The van der Waals surface area contributed by atoms with Gasteiger partial charge in [0.1, 0.15) is 0 Å². The maximum absolute atomic E-state index is 11.4. The number of benzene rings is 2. The summed E-state index contributed by atoms with van der Waals surface area (Å²) in [5.41, 5.74) is 1.92. The molecule has 0 spiro atoms. The summed E-state index contributed by atoms with van der Waals surface area (Å²) >= 11 is 0. The molecule has 0 bridgehead atoms. The van der Waals surface area contributed by atoms with E-state index in [0.29, 0.717) is 5.56 Å². The van der Waals surface area contributed by atoms with Crippen LogP contribution in [0.15, 0.2) is 49.1 Å². The molecule has 0 N–H and O–H groups in total. The Morgan fingerprint density at radius 1 is 1.13 bits per heavy atom. The Morgan fingerprint density at radius 3 is 2.53 bits per heavy atom. The lowest BCUT2D eigenvalue weighted by molar-refractivity contribution is 0.104. The van der Waals surface area contributed by atoms with Crippen LogP contribution in [0.5, 0.6) is 0 Å². The summed E-state index contributed by atoms with van der Waals surface area (Å²) < 4.78 is 0. The zero-order valence-electron chi connectivity index (χ0n) is 8.66. The molecule has 0 amide bonds. The molecule has 74 valence electrons. The second-order valence-corrected chi connectivity index (χ2v) is 3.63. The molecule has 2 rings (SSSR count). The van der Waals surface area contributed by atoms with Crippen molar-refractivity contribution in [3.63, 3.8) is 0 Å². The summed E-state index contributed by atoms with van der Waals surface area (Å²) in [6, 6.07) is 11.9. The van der Waals surface area contributed by atoms with E-state index in [0.717, 1.165) is 10.8 Å². The van der Waals surface area contributed by atoms with Crippen LogP contribution in [0.1, 0.15) is 15.9 Å². The minimum Gasteiger partial charge on any atom is -0.289 e. The first-order chi connectivity index (χ1) is 7.20. The Balaban J connectivity index is 2.61. The summed E-state index contributed by atoms with van der Waals surface area (Å²) in [4.78, 5) is 11.4. The van der Waals surface area contributed by atoms with Gasteiger partial charge in [-0.3, -0.25) is 4.79 Å². The van der Waals surface area contributed by atoms with Crippen LogP contribution in [0.3, 0.4) is 0 Å². The fraction of sp³-hybridized carbons (Fsp3) is 0.0714. The van der Waals surface area contributed by atoms with Gasteiger partial charge in [-0.2, -0.15) is 0 Å². The van der Waals surface area contributed by atoms with Crippen molar-refractivity contribution < 1.29 is 4.79 Å². The first-order valence-corrected chi connectivity index (χ1v) is 4.88. The SMILES string of the molecule is C=CC(=O)c1ccc2cc(C)ccc2c1. The molecule has 0 radical (unpaired) electrons. The average molecular weight is 196 g/mol. The van der Waals surface area contributed by atoms with Crippen LogP contribution in [0, 0.1) is 6.92 Å². The fourth-order valence-corrected chi connectivity index (χ4v) is 1.64. The van der Waals surface area contributed by atoms with E-state index in [2.05, 4.69) is 19.6 Å². The summed E-state index contributed by atoms with van der Waals surface area (Å²) in [5, 5.41) is 2.25. The molecule has 0 fully saturated rings. The molecule has 0 saturated heterocycles. The first-order valence-electron chi connectivity index (χ1n) is 4.88. The quantitative estimate of drug-likeness (QED) is 0.530. The highest BCUT2D eigenvalue weighted by Gasteiger charge is 2.01. The van der Waals surface area contributed by atoms with Crippen LogP contribution < -0.4 is 0 Å². The van der Waals surface area contributed by atoms with E-state index in [1.807, 2.05) is 30.3 Å². The van der Waals surface area contributed by atoms with Gasteiger partial charge in [0.05, 0.1) is 0 Å².